The third-order valence-corrected chi connectivity index (χ3v) is 3.60. The van der Waals surface area contributed by atoms with Gasteiger partial charge in [-0.2, -0.15) is 5.10 Å². The molecule has 1 aromatic heterocycles. The molecule has 0 aliphatic heterocycles. The van der Waals surface area contributed by atoms with Crippen molar-refractivity contribution in [2.75, 3.05) is 6.54 Å². The van der Waals surface area contributed by atoms with Crippen LogP contribution in [0.5, 0.6) is 0 Å². The summed E-state index contributed by atoms with van der Waals surface area (Å²) in [7, 11) is 0. The fraction of sp³-hybridized carbons (Fsp3) is 0.308. The largest absolute Gasteiger partial charge is 0.329 e. The maximum atomic E-state index is 13.4. The van der Waals surface area contributed by atoms with Gasteiger partial charge in [0.15, 0.2) is 0 Å². The molecule has 1 aliphatic carbocycles. The first-order valence-corrected chi connectivity index (χ1v) is 5.77. The third kappa shape index (κ3) is 1.47. The number of para-hydroxylation sites is 1. The van der Waals surface area contributed by atoms with Gasteiger partial charge in [-0.1, -0.05) is 18.2 Å². The highest BCUT2D eigenvalue weighted by molar-refractivity contribution is 5.38. The van der Waals surface area contributed by atoms with Gasteiger partial charge < -0.3 is 5.73 Å². The zero-order chi connectivity index (χ0) is 12.8. The van der Waals surface area contributed by atoms with Crippen molar-refractivity contribution in [2.24, 2.45) is 5.73 Å². The summed E-state index contributed by atoms with van der Waals surface area (Å²) in [6, 6.07) is 9.39. The van der Waals surface area contributed by atoms with Gasteiger partial charge in [-0.15, -0.1) is 0 Å². The number of nitrogens with zero attached hydrogens (tertiary/aromatic N) is 2. The van der Waals surface area contributed by atoms with Crippen LogP contribution in [0.25, 0.3) is 5.69 Å². The Balaban J connectivity index is 1.96. The van der Waals surface area contributed by atoms with E-state index in [0.717, 1.165) is 5.69 Å². The average Bonchev–Trinajstić information content (AvgIpc) is 2.78. The van der Waals surface area contributed by atoms with E-state index in [4.69, 9.17) is 5.73 Å². The number of hydrogen-bond acceptors (Lipinski definition) is 2. The van der Waals surface area contributed by atoms with Crippen LogP contribution in [-0.2, 0) is 5.41 Å². The Morgan fingerprint density at radius 1 is 1.28 bits per heavy atom. The number of nitrogens with two attached hydrogens (primary N) is 1. The molecule has 18 heavy (non-hydrogen) atoms. The molecule has 1 fully saturated rings. The molecule has 0 saturated heterocycles. The highest BCUT2D eigenvalue weighted by Gasteiger charge is 2.71. The molecule has 0 bridgehead atoms. The van der Waals surface area contributed by atoms with E-state index < -0.39 is 11.3 Å². The molecule has 1 atom stereocenters. The van der Waals surface area contributed by atoms with Crippen LogP contribution in [0.4, 0.5) is 8.78 Å². The number of hydrogen-bond donors (Lipinski definition) is 1. The van der Waals surface area contributed by atoms with Crippen LogP contribution in [-0.4, -0.2) is 22.2 Å². The van der Waals surface area contributed by atoms with Gasteiger partial charge in [0.1, 0.15) is 0 Å². The molecule has 1 unspecified atom stereocenters. The highest BCUT2D eigenvalue weighted by atomic mass is 19.3. The van der Waals surface area contributed by atoms with Crippen molar-refractivity contribution in [3.8, 4) is 5.69 Å². The summed E-state index contributed by atoms with van der Waals surface area (Å²) in [5.41, 5.74) is 5.66. The number of rotatable bonds is 3. The summed E-state index contributed by atoms with van der Waals surface area (Å²) in [5, 5.41) is 4.13. The Bertz CT molecular complexity index is 565. The van der Waals surface area contributed by atoms with E-state index in [1.165, 1.54) is 6.20 Å². The van der Waals surface area contributed by atoms with Crippen molar-refractivity contribution in [1.82, 2.24) is 9.78 Å². The topological polar surface area (TPSA) is 43.8 Å². The number of halogens is 2. The lowest BCUT2D eigenvalue weighted by Crippen LogP contribution is -2.26. The van der Waals surface area contributed by atoms with Crippen LogP contribution in [0.15, 0.2) is 42.7 Å². The molecule has 3 nitrogen and oxygen atoms in total. The van der Waals surface area contributed by atoms with Crippen molar-refractivity contribution >= 4 is 0 Å². The second kappa shape index (κ2) is 3.62. The van der Waals surface area contributed by atoms with Crippen molar-refractivity contribution in [3.05, 3.63) is 48.3 Å². The van der Waals surface area contributed by atoms with Gasteiger partial charge in [0.2, 0.25) is 0 Å². The zero-order valence-electron chi connectivity index (χ0n) is 9.68. The lowest BCUT2D eigenvalue weighted by Gasteiger charge is -2.10. The third-order valence-electron chi connectivity index (χ3n) is 3.60. The van der Waals surface area contributed by atoms with Crippen LogP contribution in [0.2, 0.25) is 0 Å². The monoisotopic (exact) mass is 249 g/mol. The van der Waals surface area contributed by atoms with Gasteiger partial charge in [-0.3, -0.25) is 0 Å². The van der Waals surface area contributed by atoms with E-state index in [0.29, 0.717) is 5.56 Å². The van der Waals surface area contributed by atoms with E-state index in [2.05, 4.69) is 5.10 Å². The first-order chi connectivity index (χ1) is 8.59. The molecule has 1 aromatic carbocycles. The number of benzene rings is 1. The number of aromatic nitrogens is 2. The lowest BCUT2D eigenvalue weighted by atomic mass is 9.99. The van der Waals surface area contributed by atoms with Gasteiger partial charge in [-0.25, -0.2) is 13.5 Å². The van der Waals surface area contributed by atoms with Gasteiger partial charge in [0.05, 0.1) is 17.3 Å². The summed E-state index contributed by atoms with van der Waals surface area (Å²) in [4.78, 5) is 0. The maximum absolute atomic E-state index is 13.4. The van der Waals surface area contributed by atoms with Crippen LogP contribution in [0.3, 0.4) is 0 Å². The molecule has 2 aromatic rings. The summed E-state index contributed by atoms with van der Waals surface area (Å²) in [5.74, 6) is -2.70. The van der Waals surface area contributed by atoms with E-state index in [1.54, 1.807) is 10.9 Å². The van der Waals surface area contributed by atoms with E-state index >= 15 is 0 Å². The molecular weight excluding hydrogens is 236 g/mol. The fourth-order valence-electron chi connectivity index (χ4n) is 2.28. The molecule has 2 N–H and O–H groups in total. The van der Waals surface area contributed by atoms with Gasteiger partial charge in [-0.05, 0) is 12.1 Å². The quantitative estimate of drug-likeness (QED) is 0.905. The Morgan fingerprint density at radius 3 is 2.50 bits per heavy atom. The zero-order valence-corrected chi connectivity index (χ0v) is 9.68. The smallest absolute Gasteiger partial charge is 0.260 e. The molecule has 5 heteroatoms. The minimum absolute atomic E-state index is 0.0551. The van der Waals surface area contributed by atoms with Crippen LogP contribution >= 0.6 is 0 Å². The van der Waals surface area contributed by atoms with Gasteiger partial charge in [0, 0.05) is 24.7 Å². The summed E-state index contributed by atoms with van der Waals surface area (Å²) in [6.45, 7) is -0.0551. The summed E-state index contributed by atoms with van der Waals surface area (Å²) < 4.78 is 28.5. The number of alkyl halides is 2. The molecule has 1 aliphatic rings. The van der Waals surface area contributed by atoms with Gasteiger partial charge >= 0.3 is 0 Å². The van der Waals surface area contributed by atoms with Crippen LogP contribution in [0, 0.1) is 0 Å². The normalized spacial score (nSPS) is 25.1. The SMILES string of the molecule is NCC1(c2cnn(-c3ccccc3)c2)CC1(F)F. The molecule has 94 valence electrons. The minimum Gasteiger partial charge on any atom is -0.329 e. The van der Waals surface area contributed by atoms with Crippen molar-refractivity contribution < 1.29 is 8.78 Å². The van der Waals surface area contributed by atoms with E-state index in [-0.39, 0.29) is 13.0 Å². The summed E-state index contributed by atoms with van der Waals surface area (Å²) >= 11 is 0. The maximum Gasteiger partial charge on any atom is 0.260 e. The molecule has 0 radical (unpaired) electrons. The van der Waals surface area contributed by atoms with Crippen LogP contribution < -0.4 is 5.73 Å². The predicted molar refractivity (Wildman–Crippen MR) is 63.9 cm³/mol. The molecule has 1 saturated carbocycles. The Hall–Kier alpha value is -1.75. The van der Waals surface area contributed by atoms with Crippen molar-refractivity contribution in [1.29, 1.82) is 0 Å². The molecular formula is C13H13F2N3. The molecule has 3 rings (SSSR count). The van der Waals surface area contributed by atoms with E-state index in [1.807, 2.05) is 30.3 Å². The van der Waals surface area contributed by atoms with Crippen molar-refractivity contribution in [2.45, 2.75) is 17.8 Å². The molecule has 0 amide bonds. The first kappa shape index (κ1) is 11.3. The molecule has 0 spiro atoms. The van der Waals surface area contributed by atoms with Crippen molar-refractivity contribution in [3.63, 3.8) is 0 Å². The lowest BCUT2D eigenvalue weighted by molar-refractivity contribution is 0.0896. The average molecular weight is 249 g/mol. The fourth-order valence-corrected chi connectivity index (χ4v) is 2.28. The highest BCUT2D eigenvalue weighted by Crippen LogP contribution is 2.60. The van der Waals surface area contributed by atoms with Gasteiger partial charge in [0.25, 0.3) is 5.92 Å². The Kier molecular flexibility index (Phi) is 2.28. The first-order valence-electron chi connectivity index (χ1n) is 5.77. The van der Waals surface area contributed by atoms with E-state index in [9.17, 15) is 8.78 Å². The van der Waals surface area contributed by atoms with Crippen LogP contribution in [0.1, 0.15) is 12.0 Å². The second-order valence-corrected chi connectivity index (χ2v) is 4.68. The Morgan fingerprint density at radius 2 is 1.94 bits per heavy atom. The Labute approximate surface area is 103 Å². The standard InChI is InChI=1S/C13H13F2N3/c14-13(15)8-12(13,9-16)10-6-17-18(7-10)11-4-2-1-3-5-11/h1-7H,8-9,16H2. The molecule has 1 heterocycles. The predicted octanol–water partition coefficient (Wildman–Crippen LogP) is 2.11. The summed E-state index contributed by atoms with van der Waals surface area (Å²) in [6.07, 6.45) is 2.95. The second-order valence-electron chi connectivity index (χ2n) is 4.68. The minimum atomic E-state index is -2.70.